The van der Waals surface area contributed by atoms with Gasteiger partial charge < -0.3 is 33.7 Å². The Balaban J connectivity index is 1.48. The number of ether oxygens (including phenoxy) is 5. The number of nitrogens with zero attached hydrogens (tertiary/aromatic N) is 2. The average molecular weight is 637 g/mol. The Hall–Kier alpha value is -4.13. The molecule has 3 atom stereocenters. The highest BCUT2D eigenvalue weighted by molar-refractivity contribution is 7.21. The Morgan fingerprint density at radius 3 is 2.71 bits per heavy atom. The lowest BCUT2D eigenvalue weighted by molar-refractivity contribution is -0.198. The molecule has 45 heavy (non-hydrogen) atoms. The van der Waals surface area contributed by atoms with Gasteiger partial charge in [0.15, 0.2) is 24.0 Å². The van der Waals surface area contributed by atoms with Crippen molar-refractivity contribution >= 4 is 45.1 Å². The molecule has 3 aromatic rings. The van der Waals surface area contributed by atoms with Gasteiger partial charge in [-0.25, -0.2) is 14.5 Å². The minimum atomic E-state index is -1.07. The molecule has 238 valence electrons. The SMILES string of the molecule is C=CCOC(=O)N1c2ccc(OC)c(OCc3c(C(=O)O)sc4ccccc34)c2C(=O)N2CCCC[C@H]2C1OC1CCCCO1. The number of anilines is 1. The number of carbonyl (C=O) groups is 3. The van der Waals surface area contributed by atoms with Crippen molar-refractivity contribution in [2.24, 2.45) is 0 Å². The summed E-state index contributed by atoms with van der Waals surface area (Å²) in [7, 11) is 1.46. The molecule has 3 aliphatic rings. The topological polar surface area (TPSA) is 124 Å². The van der Waals surface area contributed by atoms with Crippen LogP contribution in [0.4, 0.5) is 10.5 Å². The number of carboxylic acid groups (broad SMARTS) is 1. The monoisotopic (exact) mass is 636 g/mol. The van der Waals surface area contributed by atoms with Gasteiger partial charge in [0.05, 0.1) is 18.8 Å². The van der Waals surface area contributed by atoms with Gasteiger partial charge in [-0.2, -0.15) is 0 Å². The number of fused-ring (bicyclic) bond motifs is 3. The summed E-state index contributed by atoms with van der Waals surface area (Å²) in [5.74, 6) is -1.04. The Morgan fingerprint density at radius 1 is 1.13 bits per heavy atom. The summed E-state index contributed by atoms with van der Waals surface area (Å²) >= 11 is 1.16. The van der Waals surface area contributed by atoms with Crippen LogP contribution in [-0.4, -0.2) is 73.4 Å². The third kappa shape index (κ3) is 5.97. The van der Waals surface area contributed by atoms with Crippen molar-refractivity contribution in [3.8, 4) is 11.5 Å². The number of piperidine rings is 1. The molecule has 1 aromatic heterocycles. The van der Waals surface area contributed by atoms with E-state index in [9.17, 15) is 19.5 Å². The first-order valence-electron chi connectivity index (χ1n) is 15.1. The van der Waals surface area contributed by atoms with Gasteiger partial charge in [0.2, 0.25) is 0 Å². The largest absolute Gasteiger partial charge is 0.493 e. The highest BCUT2D eigenvalue weighted by atomic mass is 32.1. The number of aromatic carboxylic acids is 1. The molecule has 2 amide bonds. The van der Waals surface area contributed by atoms with E-state index >= 15 is 0 Å². The number of benzene rings is 2. The summed E-state index contributed by atoms with van der Waals surface area (Å²) in [6, 6.07) is 10.2. The summed E-state index contributed by atoms with van der Waals surface area (Å²) in [5.41, 5.74) is 0.843. The first-order chi connectivity index (χ1) is 21.9. The number of carboxylic acids is 1. The van der Waals surface area contributed by atoms with Crippen LogP contribution >= 0.6 is 11.3 Å². The van der Waals surface area contributed by atoms with E-state index in [0.29, 0.717) is 31.6 Å². The van der Waals surface area contributed by atoms with Crippen LogP contribution < -0.4 is 14.4 Å². The Labute approximate surface area is 264 Å². The fraction of sp³-hybridized carbons (Fsp3) is 0.424. The van der Waals surface area contributed by atoms with Crippen molar-refractivity contribution in [2.45, 2.75) is 63.7 Å². The molecule has 0 saturated carbocycles. The molecule has 1 N–H and O–H groups in total. The second-order valence-electron chi connectivity index (χ2n) is 11.1. The zero-order valence-corrected chi connectivity index (χ0v) is 25.9. The van der Waals surface area contributed by atoms with Gasteiger partial charge in [0.25, 0.3) is 5.91 Å². The molecular formula is C33H36N2O9S. The Bertz CT molecular complexity index is 1600. The van der Waals surface area contributed by atoms with Crippen molar-refractivity contribution < 1.29 is 43.2 Å². The van der Waals surface area contributed by atoms with Crippen molar-refractivity contribution in [1.82, 2.24) is 4.90 Å². The summed E-state index contributed by atoms with van der Waals surface area (Å²) in [5, 5.41) is 10.7. The second kappa shape index (κ2) is 13.5. The fourth-order valence-electron chi connectivity index (χ4n) is 6.31. The molecule has 2 saturated heterocycles. The summed E-state index contributed by atoms with van der Waals surface area (Å²) in [6.07, 6.45) is 4.09. The van der Waals surface area contributed by atoms with E-state index in [1.54, 1.807) is 17.0 Å². The molecule has 2 unspecified atom stereocenters. The van der Waals surface area contributed by atoms with Gasteiger partial charge in [0.1, 0.15) is 23.7 Å². The predicted octanol–water partition coefficient (Wildman–Crippen LogP) is 6.19. The maximum Gasteiger partial charge on any atom is 0.416 e. The molecule has 3 aliphatic heterocycles. The molecule has 12 heteroatoms. The molecular weight excluding hydrogens is 600 g/mol. The third-order valence-corrected chi connectivity index (χ3v) is 9.59. The van der Waals surface area contributed by atoms with Crippen LogP contribution in [0.15, 0.2) is 49.1 Å². The van der Waals surface area contributed by atoms with Crippen molar-refractivity contribution in [3.63, 3.8) is 0 Å². The normalized spacial score (nSPS) is 21.4. The number of thiophene rings is 1. The zero-order chi connectivity index (χ0) is 31.5. The molecule has 0 radical (unpaired) electrons. The number of rotatable bonds is 9. The molecule has 2 fully saturated rings. The number of methoxy groups -OCH3 is 1. The third-order valence-electron chi connectivity index (χ3n) is 8.39. The van der Waals surface area contributed by atoms with E-state index in [0.717, 1.165) is 47.1 Å². The number of hydrogen-bond donors (Lipinski definition) is 1. The minimum Gasteiger partial charge on any atom is -0.493 e. The van der Waals surface area contributed by atoms with Crippen LogP contribution in [0.2, 0.25) is 0 Å². The highest BCUT2D eigenvalue weighted by Crippen LogP contribution is 2.45. The summed E-state index contributed by atoms with van der Waals surface area (Å²) < 4.78 is 30.9. The van der Waals surface area contributed by atoms with Crippen LogP contribution in [-0.2, 0) is 20.8 Å². The first kappa shape index (κ1) is 30.9. The summed E-state index contributed by atoms with van der Waals surface area (Å²) in [6.45, 7) is 4.49. The Morgan fingerprint density at radius 2 is 1.96 bits per heavy atom. The van der Waals surface area contributed by atoms with Crippen molar-refractivity contribution in [1.29, 1.82) is 0 Å². The van der Waals surface area contributed by atoms with Gasteiger partial charge in [0, 0.05) is 23.4 Å². The van der Waals surface area contributed by atoms with Gasteiger partial charge in [-0.15, -0.1) is 11.3 Å². The van der Waals surface area contributed by atoms with Crippen LogP contribution in [0, 0.1) is 0 Å². The lowest BCUT2D eigenvalue weighted by Crippen LogP contribution is -2.57. The molecule has 0 spiro atoms. The van der Waals surface area contributed by atoms with Crippen molar-refractivity contribution in [3.05, 3.63) is 65.1 Å². The maximum absolute atomic E-state index is 14.5. The minimum absolute atomic E-state index is 0.0393. The van der Waals surface area contributed by atoms with E-state index in [4.69, 9.17) is 23.7 Å². The van der Waals surface area contributed by atoms with E-state index < -0.39 is 30.6 Å². The van der Waals surface area contributed by atoms with Gasteiger partial charge >= 0.3 is 12.1 Å². The number of amides is 2. The Kier molecular flexibility index (Phi) is 9.24. The zero-order valence-electron chi connectivity index (χ0n) is 25.1. The van der Waals surface area contributed by atoms with E-state index in [1.165, 1.54) is 18.1 Å². The summed E-state index contributed by atoms with van der Waals surface area (Å²) in [4.78, 5) is 43.9. The van der Waals surface area contributed by atoms with Crippen molar-refractivity contribution in [2.75, 3.05) is 31.8 Å². The van der Waals surface area contributed by atoms with E-state index in [1.807, 2.05) is 24.3 Å². The predicted molar refractivity (Wildman–Crippen MR) is 167 cm³/mol. The van der Waals surface area contributed by atoms with E-state index in [2.05, 4.69) is 6.58 Å². The molecule has 0 bridgehead atoms. The van der Waals surface area contributed by atoms with E-state index in [-0.39, 0.29) is 46.7 Å². The molecule has 11 nitrogen and oxygen atoms in total. The quantitative estimate of drug-likeness (QED) is 0.274. The standard InChI is InChI=1S/C33H36N2O9S/c1-3-17-42-33(39)35-22-14-15-24(40-2)28(43-19-21-20-10-4-5-12-25(20)45-29(21)32(37)38)27(22)30(36)34-16-8-6-11-23(34)31(35)44-26-13-7-9-18-41-26/h3-5,10,12,14-15,23,26,31H,1,6-9,11,13,16-19H2,2H3,(H,37,38)/t23-,26?,31?/m0/s1. The lowest BCUT2D eigenvalue weighted by atomic mass is 10.00. The van der Waals surface area contributed by atoms with Gasteiger partial charge in [-0.3, -0.25) is 4.79 Å². The van der Waals surface area contributed by atoms with Gasteiger partial charge in [-0.1, -0.05) is 30.9 Å². The molecule has 4 heterocycles. The molecule has 6 rings (SSSR count). The fourth-order valence-corrected chi connectivity index (χ4v) is 7.36. The average Bonchev–Trinajstić information content (AvgIpc) is 3.40. The van der Waals surface area contributed by atoms with Crippen LogP contribution in [0.3, 0.4) is 0 Å². The maximum atomic E-state index is 14.5. The van der Waals surface area contributed by atoms with Crippen LogP contribution in [0.5, 0.6) is 11.5 Å². The molecule has 2 aromatic carbocycles. The lowest BCUT2D eigenvalue weighted by Gasteiger charge is -2.42. The number of carbonyl (C=O) groups excluding carboxylic acids is 2. The van der Waals surface area contributed by atoms with Crippen LogP contribution in [0.25, 0.3) is 10.1 Å². The van der Waals surface area contributed by atoms with Gasteiger partial charge in [-0.05, 0) is 62.1 Å². The number of hydrogen-bond acceptors (Lipinski definition) is 9. The molecule has 0 aliphatic carbocycles. The van der Waals surface area contributed by atoms with Crippen LogP contribution in [0.1, 0.15) is 64.1 Å². The smallest absolute Gasteiger partial charge is 0.416 e. The highest BCUT2D eigenvalue weighted by Gasteiger charge is 2.48. The second-order valence-corrected chi connectivity index (χ2v) is 12.2. The first-order valence-corrected chi connectivity index (χ1v) is 16.0.